The lowest BCUT2D eigenvalue weighted by Crippen LogP contribution is -2.28. The summed E-state index contributed by atoms with van der Waals surface area (Å²) in [6.07, 6.45) is 2.36. The van der Waals surface area contributed by atoms with E-state index in [1.54, 1.807) is 9.58 Å². The van der Waals surface area contributed by atoms with E-state index in [0.717, 1.165) is 35.6 Å². The van der Waals surface area contributed by atoms with Gasteiger partial charge in [-0.2, -0.15) is 5.10 Å². The van der Waals surface area contributed by atoms with E-state index in [2.05, 4.69) is 29.5 Å². The highest BCUT2D eigenvalue weighted by atomic mass is 16.2. The number of anilines is 2. The molecular formula is C20H26N4O2. The van der Waals surface area contributed by atoms with Gasteiger partial charge in [-0.05, 0) is 38.0 Å². The van der Waals surface area contributed by atoms with Crippen molar-refractivity contribution in [2.24, 2.45) is 13.0 Å². The van der Waals surface area contributed by atoms with Crippen LogP contribution in [0.15, 0.2) is 24.3 Å². The molecule has 0 unspecified atom stereocenters. The van der Waals surface area contributed by atoms with Crippen LogP contribution in [0.25, 0.3) is 0 Å². The summed E-state index contributed by atoms with van der Waals surface area (Å²) in [5, 5.41) is 7.27. The molecular weight excluding hydrogens is 328 g/mol. The molecule has 0 aliphatic carbocycles. The minimum atomic E-state index is -0.350. The van der Waals surface area contributed by atoms with Crippen molar-refractivity contribution in [3.63, 3.8) is 0 Å². The number of aromatic nitrogens is 2. The standard InChI is InChI=1S/C20H26N4O2/c1-5-6-15-7-9-17(10-8-15)24-12-16(11-18(24)25)20(26)21-19-13(2)22-23(4)14(19)3/h7-10,16H,5-6,11-12H2,1-4H3,(H,21,26)/t16-/m1/s1. The largest absolute Gasteiger partial charge is 0.323 e. The third-order valence-electron chi connectivity index (χ3n) is 5.04. The first-order chi connectivity index (χ1) is 12.4. The van der Waals surface area contributed by atoms with E-state index in [4.69, 9.17) is 0 Å². The molecule has 26 heavy (non-hydrogen) atoms. The minimum absolute atomic E-state index is 0.00646. The highest BCUT2D eigenvalue weighted by Crippen LogP contribution is 2.27. The summed E-state index contributed by atoms with van der Waals surface area (Å²) in [5.41, 5.74) is 4.56. The van der Waals surface area contributed by atoms with Gasteiger partial charge in [0.15, 0.2) is 0 Å². The van der Waals surface area contributed by atoms with Crippen LogP contribution in [0, 0.1) is 19.8 Å². The predicted octanol–water partition coefficient (Wildman–Crippen LogP) is 2.98. The van der Waals surface area contributed by atoms with Crippen LogP contribution in [0.4, 0.5) is 11.4 Å². The molecule has 1 aromatic heterocycles. The second kappa shape index (κ2) is 7.32. The molecule has 1 fully saturated rings. The lowest BCUT2D eigenvalue weighted by atomic mass is 10.1. The normalized spacial score (nSPS) is 17.0. The SMILES string of the molecule is CCCc1ccc(N2C[C@H](C(=O)Nc3c(C)nn(C)c3C)CC2=O)cc1. The molecule has 2 aromatic rings. The summed E-state index contributed by atoms with van der Waals surface area (Å²) in [4.78, 5) is 26.8. The first-order valence-electron chi connectivity index (χ1n) is 9.11. The molecule has 0 bridgehead atoms. The van der Waals surface area contributed by atoms with Crippen LogP contribution in [-0.4, -0.2) is 28.1 Å². The third kappa shape index (κ3) is 3.49. The molecule has 138 valence electrons. The van der Waals surface area contributed by atoms with E-state index in [-0.39, 0.29) is 24.2 Å². The molecule has 2 heterocycles. The molecule has 2 amide bonds. The van der Waals surface area contributed by atoms with E-state index < -0.39 is 0 Å². The number of carbonyl (C=O) groups is 2. The molecule has 1 N–H and O–H groups in total. The van der Waals surface area contributed by atoms with E-state index >= 15 is 0 Å². The maximum atomic E-state index is 12.7. The summed E-state index contributed by atoms with van der Waals surface area (Å²) < 4.78 is 1.74. The van der Waals surface area contributed by atoms with Gasteiger partial charge in [0.05, 0.1) is 23.0 Å². The number of aryl methyl sites for hydroxylation is 3. The first kappa shape index (κ1) is 18.2. The van der Waals surface area contributed by atoms with Crippen LogP contribution in [0.1, 0.15) is 36.7 Å². The van der Waals surface area contributed by atoms with Gasteiger partial charge in [0, 0.05) is 25.7 Å². The maximum absolute atomic E-state index is 12.7. The smallest absolute Gasteiger partial charge is 0.229 e. The lowest BCUT2D eigenvalue weighted by Gasteiger charge is -2.17. The van der Waals surface area contributed by atoms with Gasteiger partial charge in [-0.25, -0.2) is 0 Å². The highest BCUT2D eigenvalue weighted by Gasteiger charge is 2.35. The number of hydrogen-bond donors (Lipinski definition) is 1. The van der Waals surface area contributed by atoms with Crippen LogP contribution >= 0.6 is 0 Å². The van der Waals surface area contributed by atoms with Crippen molar-refractivity contribution in [1.82, 2.24) is 9.78 Å². The number of nitrogens with one attached hydrogen (secondary N) is 1. The Morgan fingerprint density at radius 3 is 2.54 bits per heavy atom. The van der Waals surface area contributed by atoms with Gasteiger partial charge in [0.2, 0.25) is 11.8 Å². The molecule has 3 rings (SSSR count). The zero-order valence-electron chi connectivity index (χ0n) is 15.9. The second-order valence-corrected chi connectivity index (χ2v) is 6.98. The summed E-state index contributed by atoms with van der Waals surface area (Å²) in [7, 11) is 1.85. The van der Waals surface area contributed by atoms with Crippen molar-refractivity contribution in [2.45, 2.75) is 40.0 Å². The minimum Gasteiger partial charge on any atom is -0.323 e. The summed E-state index contributed by atoms with van der Waals surface area (Å²) >= 11 is 0. The zero-order valence-corrected chi connectivity index (χ0v) is 15.9. The van der Waals surface area contributed by atoms with Crippen molar-refractivity contribution in [2.75, 3.05) is 16.8 Å². The van der Waals surface area contributed by atoms with Gasteiger partial charge >= 0.3 is 0 Å². The number of benzene rings is 1. The van der Waals surface area contributed by atoms with E-state index in [1.165, 1.54) is 5.56 Å². The Kier molecular flexibility index (Phi) is 5.11. The molecule has 1 saturated heterocycles. The number of hydrogen-bond acceptors (Lipinski definition) is 3. The average Bonchev–Trinajstić information content (AvgIpc) is 3.11. The van der Waals surface area contributed by atoms with Crippen LogP contribution in [-0.2, 0) is 23.1 Å². The fourth-order valence-electron chi connectivity index (χ4n) is 3.44. The van der Waals surface area contributed by atoms with Crippen LogP contribution in [0.5, 0.6) is 0 Å². The molecule has 0 spiro atoms. The van der Waals surface area contributed by atoms with Crippen molar-refractivity contribution < 1.29 is 9.59 Å². The molecule has 6 heteroatoms. The van der Waals surface area contributed by atoms with Gasteiger partial charge in [-0.1, -0.05) is 25.5 Å². The molecule has 1 atom stereocenters. The summed E-state index contributed by atoms with van der Waals surface area (Å²) in [6, 6.07) is 8.06. The number of amides is 2. The Bertz CT molecular complexity index is 823. The van der Waals surface area contributed by atoms with Crippen LogP contribution in [0.3, 0.4) is 0 Å². The zero-order chi connectivity index (χ0) is 18.8. The molecule has 0 radical (unpaired) electrons. The van der Waals surface area contributed by atoms with Crippen molar-refractivity contribution in [3.05, 3.63) is 41.2 Å². The van der Waals surface area contributed by atoms with Crippen LogP contribution in [0.2, 0.25) is 0 Å². The van der Waals surface area contributed by atoms with Crippen molar-refractivity contribution in [1.29, 1.82) is 0 Å². The highest BCUT2D eigenvalue weighted by molar-refractivity contribution is 6.03. The van der Waals surface area contributed by atoms with Crippen molar-refractivity contribution >= 4 is 23.2 Å². The lowest BCUT2D eigenvalue weighted by molar-refractivity contribution is -0.122. The molecule has 1 aliphatic rings. The van der Waals surface area contributed by atoms with Gasteiger partial charge in [-0.15, -0.1) is 0 Å². The predicted molar refractivity (Wildman–Crippen MR) is 102 cm³/mol. The van der Waals surface area contributed by atoms with Crippen molar-refractivity contribution in [3.8, 4) is 0 Å². The summed E-state index contributed by atoms with van der Waals surface area (Å²) in [6.45, 7) is 6.34. The monoisotopic (exact) mass is 354 g/mol. The fraction of sp³-hybridized carbons (Fsp3) is 0.450. The molecule has 0 saturated carbocycles. The Labute approximate surface area is 154 Å². The molecule has 6 nitrogen and oxygen atoms in total. The first-order valence-corrected chi connectivity index (χ1v) is 9.11. The van der Waals surface area contributed by atoms with Gasteiger partial charge in [0.1, 0.15) is 0 Å². The Morgan fingerprint density at radius 1 is 1.27 bits per heavy atom. The topological polar surface area (TPSA) is 67.2 Å². The summed E-state index contributed by atoms with van der Waals surface area (Å²) in [5.74, 6) is -0.479. The van der Waals surface area contributed by atoms with E-state index in [1.807, 2.05) is 33.0 Å². The van der Waals surface area contributed by atoms with Gasteiger partial charge < -0.3 is 10.2 Å². The van der Waals surface area contributed by atoms with Gasteiger partial charge in [0.25, 0.3) is 0 Å². The van der Waals surface area contributed by atoms with Gasteiger partial charge in [-0.3, -0.25) is 14.3 Å². The molecule has 1 aromatic carbocycles. The number of rotatable bonds is 5. The quantitative estimate of drug-likeness (QED) is 0.897. The van der Waals surface area contributed by atoms with E-state index in [9.17, 15) is 9.59 Å². The Hall–Kier alpha value is -2.63. The fourth-order valence-corrected chi connectivity index (χ4v) is 3.44. The average molecular weight is 354 g/mol. The second-order valence-electron chi connectivity index (χ2n) is 6.98. The Morgan fingerprint density at radius 2 is 1.96 bits per heavy atom. The van der Waals surface area contributed by atoms with E-state index in [0.29, 0.717) is 6.54 Å². The Balaban J connectivity index is 1.69. The van der Waals surface area contributed by atoms with Crippen LogP contribution < -0.4 is 10.2 Å². The third-order valence-corrected chi connectivity index (χ3v) is 5.04. The number of carbonyl (C=O) groups excluding carboxylic acids is 2. The number of nitrogens with zero attached hydrogens (tertiary/aromatic N) is 3. The molecule has 1 aliphatic heterocycles. The maximum Gasteiger partial charge on any atom is 0.229 e.